The maximum Gasteiger partial charge on any atom is 0.410 e. The van der Waals surface area contributed by atoms with Crippen molar-refractivity contribution in [2.45, 2.75) is 58.1 Å². The second-order valence-electron chi connectivity index (χ2n) is 6.33. The third-order valence-electron chi connectivity index (χ3n) is 3.74. The minimum atomic E-state index is -0.403. The van der Waals surface area contributed by atoms with Gasteiger partial charge < -0.3 is 14.4 Å². The van der Waals surface area contributed by atoms with Gasteiger partial charge in [0, 0.05) is 25.8 Å². The summed E-state index contributed by atoms with van der Waals surface area (Å²) >= 11 is 0. The van der Waals surface area contributed by atoms with Crippen LogP contribution in [0.4, 0.5) is 4.79 Å². The summed E-state index contributed by atoms with van der Waals surface area (Å²) in [5.74, 6) is 0.591. The first-order valence-electron chi connectivity index (χ1n) is 7.05. The van der Waals surface area contributed by atoms with E-state index in [1.807, 2.05) is 25.7 Å². The van der Waals surface area contributed by atoms with Crippen LogP contribution in [-0.4, -0.2) is 42.4 Å². The summed E-state index contributed by atoms with van der Waals surface area (Å²) < 4.78 is 10.9. The highest BCUT2D eigenvalue weighted by Gasteiger charge is 2.37. The lowest BCUT2D eigenvalue weighted by Gasteiger charge is -2.34. The number of likely N-dealkylation sites (tertiary alicyclic amines) is 1. The van der Waals surface area contributed by atoms with E-state index >= 15 is 0 Å². The van der Waals surface area contributed by atoms with Crippen molar-refractivity contribution >= 4 is 6.09 Å². The number of amides is 1. The number of hydrogen-bond donors (Lipinski definition) is 0. The standard InChI is InChI=1S/C14H25NO3/c1-14(2,3)18-13(16)15-8-4-5-12(15)11-6-9-17-10-7-11/h11-12H,4-10H2,1-3H3/t12-/m1/s1. The van der Waals surface area contributed by atoms with Crippen molar-refractivity contribution in [3.05, 3.63) is 0 Å². The number of carbonyl (C=O) groups excluding carboxylic acids is 1. The normalized spacial score (nSPS) is 26.4. The van der Waals surface area contributed by atoms with Gasteiger partial charge in [-0.05, 0) is 52.4 Å². The Morgan fingerprint density at radius 2 is 1.89 bits per heavy atom. The SMILES string of the molecule is CC(C)(C)OC(=O)N1CCC[C@@H]1C1CCOCC1. The molecular weight excluding hydrogens is 230 g/mol. The van der Waals surface area contributed by atoms with E-state index in [-0.39, 0.29) is 6.09 Å². The molecular formula is C14H25NO3. The van der Waals surface area contributed by atoms with Gasteiger partial charge in [-0.1, -0.05) is 0 Å². The summed E-state index contributed by atoms with van der Waals surface area (Å²) in [7, 11) is 0. The Balaban J connectivity index is 1.96. The van der Waals surface area contributed by atoms with Gasteiger partial charge in [0.25, 0.3) is 0 Å². The maximum atomic E-state index is 12.2. The molecule has 0 aromatic rings. The topological polar surface area (TPSA) is 38.8 Å². The van der Waals surface area contributed by atoms with Crippen molar-refractivity contribution in [1.82, 2.24) is 4.90 Å². The largest absolute Gasteiger partial charge is 0.444 e. The summed E-state index contributed by atoms with van der Waals surface area (Å²) in [5.41, 5.74) is -0.403. The van der Waals surface area contributed by atoms with Crippen LogP contribution in [0.25, 0.3) is 0 Å². The fraction of sp³-hybridized carbons (Fsp3) is 0.929. The molecule has 4 heteroatoms. The molecule has 2 rings (SSSR count). The first-order valence-corrected chi connectivity index (χ1v) is 7.05. The summed E-state index contributed by atoms with van der Waals surface area (Å²) in [6.45, 7) is 8.28. The molecule has 1 atom stereocenters. The average molecular weight is 255 g/mol. The summed E-state index contributed by atoms with van der Waals surface area (Å²) in [5, 5.41) is 0. The smallest absolute Gasteiger partial charge is 0.410 e. The third-order valence-corrected chi connectivity index (χ3v) is 3.74. The Morgan fingerprint density at radius 1 is 1.22 bits per heavy atom. The van der Waals surface area contributed by atoms with E-state index in [0.717, 1.165) is 45.4 Å². The van der Waals surface area contributed by atoms with Gasteiger partial charge in [-0.3, -0.25) is 0 Å². The van der Waals surface area contributed by atoms with Gasteiger partial charge in [0.2, 0.25) is 0 Å². The Bertz CT molecular complexity index is 292. The Hall–Kier alpha value is -0.770. The highest BCUT2D eigenvalue weighted by Crippen LogP contribution is 2.31. The fourth-order valence-electron chi connectivity index (χ4n) is 2.93. The van der Waals surface area contributed by atoms with Gasteiger partial charge >= 0.3 is 6.09 Å². The number of hydrogen-bond acceptors (Lipinski definition) is 3. The van der Waals surface area contributed by atoms with Crippen LogP contribution in [0.3, 0.4) is 0 Å². The van der Waals surface area contributed by atoms with Crippen molar-refractivity contribution in [2.75, 3.05) is 19.8 Å². The van der Waals surface area contributed by atoms with Crippen LogP contribution in [0.5, 0.6) is 0 Å². The Labute approximate surface area is 110 Å². The van der Waals surface area contributed by atoms with E-state index in [1.54, 1.807) is 0 Å². The average Bonchev–Trinajstić information content (AvgIpc) is 2.76. The van der Waals surface area contributed by atoms with Crippen LogP contribution in [0, 0.1) is 5.92 Å². The molecule has 2 aliphatic heterocycles. The number of carbonyl (C=O) groups is 1. The Morgan fingerprint density at radius 3 is 2.50 bits per heavy atom. The molecule has 2 aliphatic rings. The van der Waals surface area contributed by atoms with Gasteiger partial charge in [0.1, 0.15) is 5.60 Å². The monoisotopic (exact) mass is 255 g/mol. The fourth-order valence-corrected chi connectivity index (χ4v) is 2.93. The molecule has 0 saturated carbocycles. The predicted molar refractivity (Wildman–Crippen MR) is 69.5 cm³/mol. The van der Waals surface area contributed by atoms with Gasteiger partial charge in [-0.2, -0.15) is 0 Å². The van der Waals surface area contributed by atoms with E-state index in [9.17, 15) is 4.79 Å². The molecule has 0 aromatic carbocycles. The number of rotatable bonds is 1. The Kier molecular flexibility index (Phi) is 4.15. The molecule has 0 unspecified atom stereocenters. The molecule has 0 N–H and O–H groups in total. The zero-order valence-electron chi connectivity index (χ0n) is 11.8. The van der Waals surface area contributed by atoms with Crippen LogP contribution in [0.1, 0.15) is 46.5 Å². The number of ether oxygens (including phenoxy) is 2. The van der Waals surface area contributed by atoms with E-state index in [4.69, 9.17) is 9.47 Å². The van der Waals surface area contributed by atoms with Crippen LogP contribution < -0.4 is 0 Å². The summed E-state index contributed by atoms with van der Waals surface area (Å²) in [6.07, 6.45) is 4.22. The first kappa shape index (κ1) is 13.7. The summed E-state index contributed by atoms with van der Waals surface area (Å²) in [6, 6.07) is 0.365. The second-order valence-corrected chi connectivity index (χ2v) is 6.33. The zero-order chi connectivity index (χ0) is 13.2. The molecule has 0 aliphatic carbocycles. The minimum Gasteiger partial charge on any atom is -0.444 e. The van der Waals surface area contributed by atoms with Crippen molar-refractivity contribution in [3.63, 3.8) is 0 Å². The van der Waals surface area contributed by atoms with Gasteiger partial charge in [-0.25, -0.2) is 4.79 Å². The molecule has 0 bridgehead atoms. The van der Waals surface area contributed by atoms with Crippen LogP contribution >= 0.6 is 0 Å². The molecule has 2 fully saturated rings. The van der Waals surface area contributed by atoms with Gasteiger partial charge in [-0.15, -0.1) is 0 Å². The zero-order valence-corrected chi connectivity index (χ0v) is 11.8. The van der Waals surface area contributed by atoms with Crippen molar-refractivity contribution in [3.8, 4) is 0 Å². The van der Waals surface area contributed by atoms with Gasteiger partial charge in [0.05, 0.1) is 0 Å². The van der Waals surface area contributed by atoms with Crippen LogP contribution in [0.15, 0.2) is 0 Å². The van der Waals surface area contributed by atoms with Gasteiger partial charge in [0.15, 0.2) is 0 Å². The quantitative estimate of drug-likeness (QED) is 0.723. The first-order chi connectivity index (χ1) is 8.47. The lowest BCUT2D eigenvalue weighted by atomic mass is 9.90. The maximum absolute atomic E-state index is 12.2. The third kappa shape index (κ3) is 3.37. The molecule has 2 saturated heterocycles. The van der Waals surface area contributed by atoms with E-state index in [0.29, 0.717) is 12.0 Å². The highest BCUT2D eigenvalue weighted by molar-refractivity contribution is 5.69. The molecule has 2 heterocycles. The predicted octanol–water partition coefficient (Wildman–Crippen LogP) is 2.81. The van der Waals surface area contributed by atoms with Crippen LogP contribution in [-0.2, 0) is 9.47 Å². The van der Waals surface area contributed by atoms with E-state index in [1.165, 1.54) is 0 Å². The van der Waals surface area contributed by atoms with Crippen molar-refractivity contribution < 1.29 is 14.3 Å². The number of nitrogens with zero attached hydrogens (tertiary/aromatic N) is 1. The summed E-state index contributed by atoms with van der Waals surface area (Å²) in [4.78, 5) is 14.1. The molecule has 104 valence electrons. The molecule has 0 radical (unpaired) electrons. The molecule has 4 nitrogen and oxygen atoms in total. The molecule has 0 spiro atoms. The molecule has 1 amide bonds. The van der Waals surface area contributed by atoms with E-state index in [2.05, 4.69) is 0 Å². The minimum absolute atomic E-state index is 0.142. The highest BCUT2D eigenvalue weighted by atomic mass is 16.6. The van der Waals surface area contributed by atoms with Crippen LogP contribution in [0.2, 0.25) is 0 Å². The second kappa shape index (κ2) is 5.47. The van der Waals surface area contributed by atoms with Crippen molar-refractivity contribution in [2.24, 2.45) is 5.92 Å². The molecule has 18 heavy (non-hydrogen) atoms. The lowest BCUT2D eigenvalue weighted by molar-refractivity contribution is 0.00287. The van der Waals surface area contributed by atoms with Crippen molar-refractivity contribution in [1.29, 1.82) is 0 Å². The van der Waals surface area contributed by atoms with E-state index < -0.39 is 5.60 Å². The molecule has 0 aromatic heterocycles. The lowest BCUT2D eigenvalue weighted by Crippen LogP contribution is -2.44.